The first-order valence-electron chi connectivity index (χ1n) is 3.19. The van der Waals surface area contributed by atoms with Crippen molar-refractivity contribution in [2.24, 2.45) is 0 Å². The lowest BCUT2D eigenvalue weighted by molar-refractivity contribution is -0.0952. The van der Waals surface area contributed by atoms with Gasteiger partial charge in [-0.1, -0.05) is 0 Å². The molecule has 0 saturated carbocycles. The lowest BCUT2D eigenvalue weighted by atomic mass is 10.3. The number of likely N-dealkylation sites (N-methyl/N-ethyl adjacent to an activating group) is 1. The summed E-state index contributed by atoms with van der Waals surface area (Å²) >= 11 is 0. The van der Waals surface area contributed by atoms with Gasteiger partial charge < -0.3 is 10.2 Å². The normalized spacial score (nSPS) is 20.6. The predicted octanol–water partition coefficient (Wildman–Crippen LogP) is -1.54. The second-order valence-electron chi connectivity index (χ2n) is 2.70. The van der Waals surface area contributed by atoms with Crippen molar-refractivity contribution in [3.8, 4) is 0 Å². The summed E-state index contributed by atoms with van der Waals surface area (Å²) in [5, 5.41) is 15.6. The van der Waals surface area contributed by atoms with Gasteiger partial charge in [0, 0.05) is 0 Å². The van der Waals surface area contributed by atoms with Crippen LogP contribution in [0.5, 0.6) is 0 Å². The van der Waals surface area contributed by atoms with Crippen LogP contribution in [-0.4, -0.2) is 53.3 Å². The van der Waals surface area contributed by atoms with Crippen molar-refractivity contribution in [3.05, 3.63) is 0 Å². The van der Waals surface area contributed by atoms with Gasteiger partial charge in [-0.3, -0.25) is 9.45 Å². The molecule has 0 rings (SSSR count). The fourth-order valence-corrected chi connectivity index (χ4v) is 1.71. The molecule has 0 aromatic carbocycles. The van der Waals surface area contributed by atoms with E-state index in [-0.39, 0.29) is 0 Å². The minimum Gasteiger partial charge on any atom is -0.388 e. The molecule has 0 aromatic heterocycles. The predicted molar refractivity (Wildman–Crippen MR) is 41.9 cm³/mol. The molecule has 3 N–H and O–H groups in total. The second-order valence-corrected chi connectivity index (χ2v) is 4.26. The first-order valence-corrected chi connectivity index (χ1v) is 4.63. The Morgan fingerprint density at radius 3 is 1.75 bits per heavy atom. The van der Waals surface area contributed by atoms with Crippen LogP contribution in [0.25, 0.3) is 0 Å². The molecular weight excluding hydrogens is 186 g/mol. The second kappa shape index (κ2) is 3.27. The summed E-state index contributed by atoms with van der Waals surface area (Å²) < 4.78 is 29.9. The van der Waals surface area contributed by atoms with Gasteiger partial charge in [-0.2, -0.15) is 8.42 Å². The molecule has 0 aromatic rings. The number of aliphatic hydroxyl groups is 2. The van der Waals surface area contributed by atoms with Crippen LogP contribution in [0.3, 0.4) is 0 Å². The summed E-state index contributed by atoms with van der Waals surface area (Å²) in [4.78, 5) is 0.812. The summed E-state index contributed by atoms with van der Waals surface area (Å²) in [5.41, 5.74) is 0. The maximum atomic E-state index is 10.6. The minimum absolute atomic E-state index is 0.812. The summed E-state index contributed by atoms with van der Waals surface area (Å²) in [6.07, 6.45) is -1.61. The van der Waals surface area contributed by atoms with Gasteiger partial charge >= 0.3 is 10.1 Å². The SMILES string of the molecule is CC(O)C(O)(N(C)C)S(=O)(=O)O. The van der Waals surface area contributed by atoms with Gasteiger partial charge in [0.1, 0.15) is 6.10 Å². The molecule has 0 aliphatic rings. The molecule has 0 heterocycles. The first-order chi connectivity index (χ1) is 5.14. The number of aliphatic hydroxyl groups excluding tert-OH is 1. The van der Waals surface area contributed by atoms with Gasteiger partial charge in [0.15, 0.2) is 0 Å². The summed E-state index contributed by atoms with van der Waals surface area (Å²) in [5.74, 6) is 0. The maximum Gasteiger partial charge on any atom is 0.312 e. The van der Waals surface area contributed by atoms with Crippen molar-refractivity contribution in [1.82, 2.24) is 4.90 Å². The Balaban J connectivity index is 5.18. The van der Waals surface area contributed by atoms with Crippen LogP contribution in [0.1, 0.15) is 6.92 Å². The van der Waals surface area contributed by atoms with Crippen molar-refractivity contribution in [2.45, 2.75) is 18.1 Å². The number of nitrogens with zero attached hydrogens (tertiary/aromatic N) is 1. The van der Waals surface area contributed by atoms with E-state index < -0.39 is 21.3 Å². The first kappa shape index (κ1) is 11.8. The Bertz CT molecular complexity index is 237. The summed E-state index contributed by atoms with van der Waals surface area (Å²) in [7, 11) is -2.29. The molecule has 74 valence electrons. The third kappa shape index (κ3) is 1.75. The van der Waals surface area contributed by atoms with Crippen LogP contribution in [-0.2, 0) is 10.1 Å². The van der Waals surface area contributed by atoms with Crippen molar-refractivity contribution >= 4 is 10.1 Å². The van der Waals surface area contributed by atoms with E-state index >= 15 is 0 Å². The molecule has 12 heavy (non-hydrogen) atoms. The van der Waals surface area contributed by atoms with E-state index in [9.17, 15) is 13.5 Å². The van der Waals surface area contributed by atoms with Crippen LogP contribution >= 0.6 is 0 Å². The Kier molecular flexibility index (Phi) is 3.21. The molecule has 2 atom stereocenters. The molecule has 0 saturated heterocycles. The smallest absolute Gasteiger partial charge is 0.312 e. The molecule has 2 unspecified atom stereocenters. The fourth-order valence-electron chi connectivity index (χ4n) is 0.820. The van der Waals surface area contributed by atoms with E-state index in [0.717, 1.165) is 11.8 Å². The maximum absolute atomic E-state index is 10.6. The van der Waals surface area contributed by atoms with Gasteiger partial charge in [0.25, 0.3) is 5.06 Å². The van der Waals surface area contributed by atoms with Gasteiger partial charge in [-0.25, -0.2) is 0 Å². The van der Waals surface area contributed by atoms with Gasteiger partial charge in [-0.15, -0.1) is 0 Å². The van der Waals surface area contributed by atoms with Crippen molar-refractivity contribution in [3.63, 3.8) is 0 Å². The van der Waals surface area contributed by atoms with E-state index in [1.165, 1.54) is 14.1 Å². The zero-order valence-corrected chi connectivity index (χ0v) is 7.91. The standard InChI is InChI=1S/C5H13NO5S/c1-4(7)5(8,6(2)3)12(9,10)11/h4,7-8H,1-3H3,(H,9,10,11). The molecule has 0 fully saturated rings. The fraction of sp³-hybridized carbons (Fsp3) is 1.00. The molecular formula is C5H13NO5S. The van der Waals surface area contributed by atoms with Crippen molar-refractivity contribution < 1.29 is 23.2 Å². The third-order valence-electron chi connectivity index (χ3n) is 1.56. The average Bonchev–Trinajstić information content (AvgIpc) is 1.82. The van der Waals surface area contributed by atoms with E-state index in [1.54, 1.807) is 0 Å². The number of hydrogen-bond donors (Lipinski definition) is 3. The third-order valence-corrected chi connectivity index (χ3v) is 3.03. The zero-order chi connectivity index (χ0) is 10.2. The topological polar surface area (TPSA) is 98.1 Å². The highest BCUT2D eigenvalue weighted by Crippen LogP contribution is 2.19. The lowest BCUT2D eigenvalue weighted by Crippen LogP contribution is -2.58. The van der Waals surface area contributed by atoms with Crippen LogP contribution in [0.2, 0.25) is 0 Å². The zero-order valence-electron chi connectivity index (χ0n) is 7.09. The molecule has 0 amide bonds. The molecule has 0 spiro atoms. The minimum atomic E-state index is -4.73. The Labute approximate surface area is 71.2 Å². The Morgan fingerprint density at radius 1 is 1.42 bits per heavy atom. The van der Waals surface area contributed by atoms with E-state index in [0.29, 0.717) is 0 Å². The molecule has 7 heteroatoms. The van der Waals surface area contributed by atoms with Gasteiger partial charge in [-0.05, 0) is 21.0 Å². The van der Waals surface area contributed by atoms with Crippen LogP contribution in [0, 0.1) is 0 Å². The highest BCUT2D eigenvalue weighted by molar-refractivity contribution is 7.87. The molecule has 0 aliphatic carbocycles. The van der Waals surface area contributed by atoms with E-state index in [4.69, 9.17) is 9.66 Å². The molecule has 0 aliphatic heterocycles. The molecule has 6 nitrogen and oxygen atoms in total. The summed E-state index contributed by atoms with van der Waals surface area (Å²) in [6.45, 7) is 1.06. The summed E-state index contributed by atoms with van der Waals surface area (Å²) in [6, 6.07) is 0. The van der Waals surface area contributed by atoms with Crippen LogP contribution < -0.4 is 0 Å². The number of hydrogen-bond acceptors (Lipinski definition) is 5. The largest absolute Gasteiger partial charge is 0.388 e. The van der Waals surface area contributed by atoms with Crippen LogP contribution in [0.4, 0.5) is 0 Å². The quantitative estimate of drug-likeness (QED) is 0.376. The Hall–Kier alpha value is -0.210. The van der Waals surface area contributed by atoms with Crippen LogP contribution in [0.15, 0.2) is 0 Å². The van der Waals surface area contributed by atoms with Gasteiger partial charge in [0.05, 0.1) is 0 Å². The average molecular weight is 199 g/mol. The molecule has 0 radical (unpaired) electrons. The Morgan fingerprint density at radius 2 is 1.75 bits per heavy atom. The molecule has 0 bridgehead atoms. The number of rotatable bonds is 3. The van der Waals surface area contributed by atoms with E-state index in [1.807, 2.05) is 0 Å². The van der Waals surface area contributed by atoms with Crippen molar-refractivity contribution in [1.29, 1.82) is 0 Å². The highest BCUT2D eigenvalue weighted by Gasteiger charge is 2.48. The van der Waals surface area contributed by atoms with Crippen molar-refractivity contribution in [2.75, 3.05) is 14.1 Å². The monoisotopic (exact) mass is 199 g/mol. The lowest BCUT2D eigenvalue weighted by Gasteiger charge is -2.33. The van der Waals surface area contributed by atoms with E-state index in [2.05, 4.69) is 0 Å². The highest BCUT2D eigenvalue weighted by atomic mass is 32.2. The van der Waals surface area contributed by atoms with Gasteiger partial charge in [0.2, 0.25) is 0 Å².